The molecule has 0 amide bonds. The molecule has 0 spiro atoms. The minimum absolute atomic E-state index is 0. The van der Waals surface area contributed by atoms with Crippen LogP contribution in [0.15, 0.2) is 29.2 Å². The topological polar surface area (TPSA) is 92.6 Å². The molecule has 1 aliphatic heterocycles. The lowest BCUT2D eigenvalue weighted by Gasteiger charge is -2.34. The number of nitrogens with zero attached hydrogens (tertiary/aromatic N) is 2. The highest BCUT2D eigenvalue weighted by Gasteiger charge is 2.32. The predicted molar refractivity (Wildman–Crippen MR) is 72.0 cm³/mol. The Bertz CT molecular complexity index is 574. The van der Waals surface area contributed by atoms with E-state index in [0.29, 0.717) is 13.1 Å². The number of rotatable bonds is 4. The van der Waals surface area contributed by atoms with Crippen LogP contribution in [0.2, 0.25) is 0 Å². The third kappa shape index (κ3) is 3.03. The second-order valence-electron chi connectivity index (χ2n) is 4.09. The first kappa shape index (κ1) is 15.8. The van der Waals surface area contributed by atoms with Crippen LogP contribution in [0.25, 0.3) is 0 Å². The normalized spacial score (nSPS) is 15.7. The van der Waals surface area contributed by atoms with Crippen molar-refractivity contribution in [1.29, 1.82) is 0 Å². The number of non-ortho nitro benzene ring substituents is 1. The Hall–Kier alpha value is -1.22. The molecule has 0 aliphatic carbocycles. The zero-order valence-electron chi connectivity index (χ0n) is 10.1. The number of sulfonamides is 1. The Morgan fingerprint density at radius 2 is 2.05 bits per heavy atom. The van der Waals surface area contributed by atoms with Gasteiger partial charge in [-0.1, -0.05) is 6.07 Å². The molecule has 9 heteroatoms. The summed E-state index contributed by atoms with van der Waals surface area (Å²) in [6, 6.07) is 5.00. The summed E-state index contributed by atoms with van der Waals surface area (Å²) < 4.78 is 25.7. The third-order valence-corrected chi connectivity index (χ3v) is 4.89. The molecule has 7 nitrogen and oxygen atoms in total. The Morgan fingerprint density at radius 3 is 2.53 bits per heavy atom. The number of halogens is 1. The van der Waals surface area contributed by atoms with Crippen LogP contribution >= 0.6 is 12.4 Å². The fourth-order valence-corrected chi connectivity index (χ4v) is 3.04. The van der Waals surface area contributed by atoms with Crippen molar-refractivity contribution in [1.82, 2.24) is 9.62 Å². The van der Waals surface area contributed by atoms with E-state index < -0.39 is 14.9 Å². The van der Waals surface area contributed by atoms with Crippen molar-refractivity contribution in [2.45, 2.75) is 10.9 Å². The van der Waals surface area contributed by atoms with Crippen LogP contribution < -0.4 is 5.32 Å². The SMILES string of the molecule is CN(C1CNC1)S(=O)(=O)c1cccc([N+](=O)[O-])c1.Cl. The van der Waals surface area contributed by atoms with Gasteiger partial charge in [0.15, 0.2) is 0 Å². The smallest absolute Gasteiger partial charge is 0.270 e. The molecular weight excluding hydrogens is 294 g/mol. The molecule has 0 atom stereocenters. The van der Waals surface area contributed by atoms with Gasteiger partial charge in [-0.05, 0) is 6.07 Å². The number of benzene rings is 1. The van der Waals surface area contributed by atoms with Gasteiger partial charge in [-0.15, -0.1) is 12.4 Å². The molecular formula is C10H14ClN3O4S. The van der Waals surface area contributed by atoms with E-state index in [1.165, 1.54) is 29.6 Å². The molecule has 0 radical (unpaired) electrons. The molecule has 1 aromatic rings. The van der Waals surface area contributed by atoms with E-state index in [1.807, 2.05) is 0 Å². The Kier molecular flexibility index (Phi) is 4.86. The van der Waals surface area contributed by atoms with E-state index in [2.05, 4.69) is 5.32 Å². The largest absolute Gasteiger partial charge is 0.313 e. The fourth-order valence-electron chi connectivity index (χ4n) is 1.65. The second kappa shape index (κ2) is 5.83. The van der Waals surface area contributed by atoms with Crippen LogP contribution in [0.1, 0.15) is 0 Å². The van der Waals surface area contributed by atoms with E-state index in [9.17, 15) is 18.5 Å². The third-order valence-electron chi connectivity index (χ3n) is 2.98. The summed E-state index contributed by atoms with van der Waals surface area (Å²) >= 11 is 0. The molecule has 0 bridgehead atoms. The number of nitro groups is 1. The van der Waals surface area contributed by atoms with Crippen LogP contribution in [0.5, 0.6) is 0 Å². The van der Waals surface area contributed by atoms with Gasteiger partial charge in [0.25, 0.3) is 5.69 Å². The van der Waals surface area contributed by atoms with Gasteiger partial charge in [0, 0.05) is 38.3 Å². The zero-order valence-corrected chi connectivity index (χ0v) is 11.8. The quantitative estimate of drug-likeness (QED) is 0.650. The van der Waals surface area contributed by atoms with Crippen LogP contribution in [-0.4, -0.2) is 43.8 Å². The van der Waals surface area contributed by atoms with Crippen LogP contribution in [0.3, 0.4) is 0 Å². The minimum Gasteiger partial charge on any atom is -0.313 e. The lowest BCUT2D eigenvalue weighted by Crippen LogP contribution is -2.57. The number of nitro benzene ring substituents is 1. The second-order valence-corrected chi connectivity index (χ2v) is 6.09. The molecule has 0 unspecified atom stereocenters. The van der Waals surface area contributed by atoms with Gasteiger partial charge in [-0.2, -0.15) is 4.31 Å². The maximum absolute atomic E-state index is 12.2. The Balaban J connectivity index is 0.00000180. The summed E-state index contributed by atoms with van der Waals surface area (Å²) in [5.41, 5.74) is -0.226. The Morgan fingerprint density at radius 1 is 1.42 bits per heavy atom. The first-order valence-corrected chi connectivity index (χ1v) is 6.80. The van der Waals surface area contributed by atoms with Crippen molar-refractivity contribution < 1.29 is 13.3 Å². The molecule has 106 valence electrons. The minimum atomic E-state index is -3.67. The highest BCUT2D eigenvalue weighted by Crippen LogP contribution is 2.22. The summed E-state index contributed by atoms with van der Waals surface area (Å²) in [7, 11) is -2.18. The van der Waals surface area contributed by atoms with E-state index in [0.717, 1.165) is 6.07 Å². The van der Waals surface area contributed by atoms with Crippen molar-refractivity contribution in [2.75, 3.05) is 20.1 Å². The number of hydrogen-bond acceptors (Lipinski definition) is 5. The molecule has 1 heterocycles. The molecule has 1 fully saturated rings. The summed E-state index contributed by atoms with van der Waals surface area (Å²) in [5, 5.41) is 13.6. The number of hydrogen-bond donors (Lipinski definition) is 1. The average Bonchev–Trinajstić information content (AvgIpc) is 2.26. The average molecular weight is 308 g/mol. The van der Waals surface area contributed by atoms with Crippen LogP contribution in [0.4, 0.5) is 5.69 Å². The van der Waals surface area contributed by atoms with E-state index in [-0.39, 0.29) is 29.0 Å². The molecule has 1 aliphatic rings. The lowest BCUT2D eigenvalue weighted by molar-refractivity contribution is -0.385. The van der Waals surface area contributed by atoms with Crippen molar-refractivity contribution in [3.8, 4) is 0 Å². The molecule has 2 rings (SSSR count). The van der Waals surface area contributed by atoms with Crippen molar-refractivity contribution in [3.05, 3.63) is 34.4 Å². The summed E-state index contributed by atoms with van der Waals surface area (Å²) in [4.78, 5) is 9.98. The van der Waals surface area contributed by atoms with E-state index in [1.54, 1.807) is 0 Å². The van der Waals surface area contributed by atoms with Gasteiger partial charge in [0.05, 0.1) is 9.82 Å². The maximum Gasteiger partial charge on any atom is 0.270 e. The first-order chi connectivity index (χ1) is 8.43. The van der Waals surface area contributed by atoms with Crippen molar-refractivity contribution in [2.24, 2.45) is 0 Å². The van der Waals surface area contributed by atoms with Gasteiger partial charge in [-0.3, -0.25) is 10.1 Å². The lowest BCUT2D eigenvalue weighted by atomic mass is 10.2. The van der Waals surface area contributed by atoms with Crippen molar-refractivity contribution >= 4 is 28.1 Å². The zero-order chi connectivity index (χ0) is 13.3. The monoisotopic (exact) mass is 307 g/mol. The van der Waals surface area contributed by atoms with E-state index >= 15 is 0 Å². The maximum atomic E-state index is 12.2. The highest BCUT2D eigenvalue weighted by atomic mass is 35.5. The van der Waals surface area contributed by atoms with Crippen LogP contribution in [-0.2, 0) is 10.0 Å². The van der Waals surface area contributed by atoms with Gasteiger partial charge < -0.3 is 5.32 Å². The van der Waals surface area contributed by atoms with Gasteiger partial charge >= 0.3 is 0 Å². The molecule has 0 aromatic heterocycles. The van der Waals surface area contributed by atoms with E-state index in [4.69, 9.17) is 0 Å². The van der Waals surface area contributed by atoms with Gasteiger partial charge in [0.1, 0.15) is 0 Å². The number of nitrogens with one attached hydrogen (secondary N) is 1. The predicted octanol–water partition coefficient (Wildman–Crippen LogP) is 0.609. The van der Waals surface area contributed by atoms with Gasteiger partial charge in [0.2, 0.25) is 10.0 Å². The van der Waals surface area contributed by atoms with Crippen LogP contribution in [0, 0.1) is 10.1 Å². The molecule has 1 N–H and O–H groups in total. The molecule has 19 heavy (non-hydrogen) atoms. The Labute approximate surface area is 117 Å². The summed E-state index contributed by atoms with van der Waals surface area (Å²) in [6.07, 6.45) is 0. The highest BCUT2D eigenvalue weighted by molar-refractivity contribution is 7.89. The fraction of sp³-hybridized carbons (Fsp3) is 0.400. The van der Waals surface area contributed by atoms with Crippen molar-refractivity contribution in [3.63, 3.8) is 0 Å². The molecule has 1 aromatic carbocycles. The summed E-state index contributed by atoms with van der Waals surface area (Å²) in [6.45, 7) is 1.20. The molecule has 1 saturated heterocycles. The van der Waals surface area contributed by atoms with Gasteiger partial charge in [-0.25, -0.2) is 8.42 Å². The first-order valence-electron chi connectivity index (χ1n) is 5.36. The molecule has 0 saturated carbocycles. The summed E-state index contributed by atoms with van der Waals surface area (Å²) in [5.74, 6) is 0. The standard InChI is InChI=1S/C10H13N3O4S.ClH/c1-12(9-6-11-7-9)18(16,17)10-4-2-3-8(5-10)13(14)15;/h2-5,9,11H,6-7H2,1H3;1H. The number of likely N-dealkylation sites (N-methyl/N-ethyl adjacent to an activating group) is 1.